The Balaban J connectivity index is 1.76. The van der Waals surface area contributed by atoms with Gasteiger partial charge in [-0.1, -0.05) is 44.2 Å². The fourth-order valence-electron chi connectivity index (χ4n) is 3.36. The molecule has 0 aliphatic carbocycles. The summed E-state index contributed by atoms with van der Waals surface area (Å²) in [7, 11) is 0. The van der Waals surface area contributed by atoms with Crippen LogP contribution in [-0.4, -0.2) is 59.7 Å². The minimum absolute atomic E-state index is 0.194. The molecule has 2 fully saturated rings. The Hall–Kier alpha value is -2.90. The van der Waals surface area contributed by atoms with Crippen LogP contribution in [0.25, 0.3) is 0 Å². The highest BCUT2D eigenvalue weighted by atomic mass is 16.2. The van der Waals surface area contributed by atoms with Crippen molar-refractivity contribution in [1.29, 1.82) is 0 Å². The van der Waals surface area contributed by atoms with Crippen LogP contribution in [0.4, 0.5) is 0 Å². The Morgan fingerprint density at radius 1 is 1.00 bits per heavy atom. The van der Waals surface area contributed by atoms with Gasteiger partial charge in [0, 0.05) is 6.42 Å². The third-order valence-corrected chi connectivity index (χ3v) is 4.88. The van der Waals surface area contributed by atoms with Gasteiger partial charge in [0.25, 0.3) is 0 Å². The number of benzene rings is 1. The fourth-order valence-corrected chi connectivity index (χ4v) is 3.36. The highest BCUT2D eigenvalue weighted by molar-refractivity contribution is 5.99. The second kappa shape index (κ2) is 8.41. The highest BCUT2D eigenvalue weighted by Gasteiger charge is 2.47. The maximum atomic E-state index is 12.7. The van der Waals surface area contributed by atoms with Gasteiger partial charge in [0.1, 0.15) is 18.1 Å². The number of fused-ring (bicyclic) bond motifs is 1. The van der Waals surface area contributed by atoms with Crippen molar-refractivity contribution in [2.45, 2.75) is 44.8 Å². The minimum atomic E-state index is -0.814. The summed E-state index contributed by atoms with van der Waals surface area (Å²) in [6.45, 7) is 3.97. The van der Waals surface area contributed by atoms with Crippen LogP contribution in [0, 0.1) is 5.92 Å². The summed E-state index contributed by atoms with van der Waals surface area (Å²) in [4.78, 5) is 51.6. The van der Waals surface area contributed by atoms with Crippen LogP contribution in [0.5, 0.6) is 0 Å². The molecule has 2 saturated heterocycles. The zero-order chi connectivity index (χ0) is 20.3. The molecule has 3 atom stereocenters. The molecule has 28 heavy (non-hydrogen) atoms. The quantitative estimate of drug-likeness (QED) is 0.611. The van der Waals surface area contributed by atoms with Gasteiger partial charge >= 0.3 is 0 Å². The van der Waals surface area contributed by atoms with E-state index in [-0.39, 0.29) is 24.3 Å². The predicted octanol–water partition coefficient (Wildman–Crippen LogP) is -0.415. The first-order valence-corrected chi connectivity index (χ1v) is 9.57. The van der Waals surface area contributed by atoms with Crippen molar-refractivity contribution in [3.05, 3.63) is 35.9 Å². The van der Waals surface area contributed by atoms with Crippen molar-refractivity contribution in [2.75, 3.05) is 13.1 Å². The van der Waals surface area contributed by atoms with Crippen LogP contribution in [0.15, 0.2) is 30.3 Å². The molecule has 3 rings (SSSR count). The molecular formula is C20H26N4O4. The molecule has 1 aromatic rings. The number of carbonyl (C=O) groups is 4. The topological polar surface area (TPSA) is 107 Å². The SMILES string of the molecule is CC(C)C[C@@H]1NC(=O)CNC(=O)[C@H](Cc2ccccc2)NC(=O)[C@@H]2CN2C1=O. The van der Waals surface area contributed by atoms with Crippen molar-refractivity contribution in [3.63, 3.8) is 0 Å². The van der Waals surface area contributed by atoms with E-state index in [0.717, 1.165) is 5.56 Å². The van der Waals surface area contributed by atoms with Crippen LogP contribution in [0.1, 0.15) is 25.8 Å². The first kappa shape index (κ1) is 19.9. The van der Waals surface area contributed by atoms with Crippen molar-refractivity contribution in [3.8, 4) is 0 Å². The van der Waals surface area contributed by atoms with Gasteiger partial charge in [0.05, 0.1) is 13.1 Å². The van der Waals surface area contributed by atoms with E-state index >= 15 is 0 Å². The summed E-state index contributed by atoms with van der Waals surface area (Å²) in [6.07, 6.45) is 0.774. The minimum Gasteiger partial charge on any atom is -0.345 e. The molecule has 0 bridgehead atoms. The Labute approximate surface area is 164 Å². The van der Waals surface area contributed by atoms with Gasteiger partial charge in [0.2, 0.25) is 23.6 Å². The standard InChI is InChI=1S/C20H26N4O4/c1-12(2)8-15-20(28)24-11-16(24)19(27)23-14(9-13-6-4-3-5-7-13)18(26)21-10-17(25)22-15/h3-7,12,14-16H,8-11H2,1-2H3,(H,21,26)(H,22,25)(H,23,27)/t14-,15-,16-,24?/m0/s1. The van der Waals surface area contributed by atoms with Crippen LogP contribution in [0.3, 0.4) is 0 Å². The van der Waals surface area contributed by atoms with Crippen LogP contribution in [0.2, 0.25) is 0 Å². The summed E-state index contributed by atoms with van der Waals surface area (Å²) < 4.78 is 0. The normalized spacial score (nSPS) is 25.8. The van der Waals surface area contributed by atoms with Crippen LogP contribution < -0.4 is 16.0 Å². The molecule has 0 spiro atoms. The predicted molar refractivity (Wildman–Crippen MR) is 102 cm³/mol. The second-order valence-corrected chi connectivity index (χ2v) is 7.72. The van der Waals surface area contributed by atoms with E-state index in [1.54, 1.807) is 0 Å². The number of hydrogen-bond donors (Lipinski definition) is 3. The highest BCUT2D eigenvalue weighted by Crippen LogP contribution is 2.22. The molecule has 150 valence electrons. The molecule has 0 radical (unpaired) electrons. The molecule has 0 saturated carbocycles. The van der Waals surface area contributed by atoms with Gasteiger partial charge in [-0.25, -0.2) is 0 Å². The molecule has 8 nitrogen and oxygen atoms in total. The maximum Gasteiger partial charge on any atom is 0.245 e. The van der Waals surface area contributed by atoms with Gasteiger partial charge in [-0.15, -0.1) is 0 Å². The lowest BCUT2D eigenvalue weighted by molar-refractivity contribution is -0.136. The third-order valence-electron chi connectivity index (χ3n) is 4.88. The Morgan fingerprint density at radius 2 is 1.71 bits per heavy atom. The molecule has 8 heteroatoms. The first-order valence-electron chi connectivity index (χ1n) is 9.57. The van der Waals surface area contributed by atoms with Gasteiger partial charge in [0.15, 0.2) is 0 Å². The zero-order valence-corrected chi connectivity index (χ0v) is 16.1. The average Bonchev–Trinajstić information content (AvgIpc) is 3.45. The number of hydrogen-bond acceptors (Lipinski definition) is 4. The molecule has 1 aromatic carbocycles. The third kappa shape index (κ3) is 4.88. The van der Waals surface area contributed by atoms with E-state index in [2.05, 4.69) is 16.0 Å². The van der Waals surface area contributed by atoms with Gasteiger partial charge < -0.3 is 20.9 Å². The summed E-state index contributed by atoms with van der Waals surface area (Å²) in [6, 6.07) is 7.21. The number of carbonyl (C=O) groups excluding carboxylic acids is 4. The van der Waals surface area contributed by atoms with Crippen molar-refractivity contribution in [2.24, 2.45) is 5.92 Å². The summed E-state index contributed by atoms with van der Waals surface area (Å²) in [5.41, 5.74) is 0.889. The van der Waals surface area contributed by atoms with E-state index in [1.807, 2.05) is 44.2 Å². The van der Waals surface area contributed by atoms with Gasteiger partial charge in [-0.05, 0) is 17.9 Å². The number of rotatable bonds is 4. The average molecular weight is 386 g/mol. The Bertz CT molecular complexity index is 765. The monoisotopic (exact) mass is 386 g/mol. The first-order chi connectivity index (χ1) is 13.3. The van der Waals surface area contributed by atoms with Crippen molar-refractivity contribution < 1.29 is 19.2 Å². The van der Waals surface area contributed by atoms with E-state index in [0.29, 0.717) is 19.4 Å². The lowest BCUT2D eigenvalue weighted by Crippen LogP contribution is -2.54. The van der Waals surface area contributed by atoms with Crippen LogP contribution in [-0.2, 0) is 25.6 Å². The van der Waals surface area contributed by atoms with Crippen molar-refractivity contribution >= 4 is 23.6 Å². The number of amides is 4. The summed E-state index contributed by atoms with van der Waals surface area (Å²) >= 11 is 0. The number of nitrogens with one attached hydrogen (secondary N) is 3. The molecule has 2 aliphatic rings. The Kier molecular flexibility index (Phi) is 5.96. The largest absolute Gasteiger partial charge is 0.345 e. The zero-order valence-electron chi connectivity index (χ0n) is 16.1. The van der Waals surface area contributed by atoms with Crippen LogP contribution >= 0.6 is 0 Å². The van der Waals surface area contributed by atoms with E-state index in [4.69, 9.17) is 0 Å². The molecule has 2 aliphatic heterocycles. The molecule has 3 N–H and O–H groups in total. The Morgan fingerprint density at radius 3 is 2.39 bits per heavy atom. The smallest absolute Gasteiger partial charge is 0.245 e. The molecule has 0 unspecified atom stereocenters. The fraction of sp³-hybridized carbons (Fsp3) is 0.500. The molecular weight excluding hydrogens is 360 g/mol. The van der Waals surface area contributed by atoms with E-state index in [9.17, 15) is 19.2 Å². The lowest BCUT2D eigenvalue weighted by Gasteiger charge is -2.23. The molecule has 2 heterocycles. The number of nitrogens with zero attached hydrogens (tertiary/aromatic N) is 1. The maximum absolute atomic E-state index is 12.7. The van der Waals surface area contributed by atoms with Gasteiger partial charge in [-0.3, -0.25) is 19.2 Å². The second-order valence-electron chi connectivity index (χ2n) is 7.72. The van der Waals surface area contributed by atoms with Gasteiger partial charge in [-0.2, -0.15) is 0 Å². The van der Waals surface area contributed by atoms with E-state index < -0.39 is 29.9 Å². The summed E-state index contributed by atoms with van der Waals surface area (Å²) in [5.74, 6) is -1.25. The molecule has 0 aromatic heterocycles. The lowest BCUT2D eigenvalue weighted by atomic mass is 10.0. The molecule has 4 amide bonds. The van der Waals surface area contributed by atoms with E-state index in [1.165, 1.54) is 4.90 Å². The van der Waals surface area contributed by atoms with Crippen molar-refractivity contribution in [1.82, 2.24) is 20.9 Å². The summed E-state index contributed by atoms with van der Waals surface area (Å²) in [5, 5.41) is 8.00.